The summed E-state index contributed by atoms with van der Waals surface area (Å²) in [5.74, 6) is 0.888. The molecule has 1 nitrogen and oxygen atoms in total. The van der Waals surface area contributed by atoms with Crippen molar-refractivity contribution in [1.82, 2.24) is 0 Å². The van der Waals surface area contributed by atoms with Crippen LogP contribution < -0.4 is 20.7 Å². The van der Waals surface area contributed by atoms with Crippen molar-refractivity contribution in [3.05, 3.63) is 109 Å². The van der Waals surface area contributed by atoms with Gasteiger partial charge >= 0.3 is 0 Å². The van der Waals surface area contributed by atoms with Gasteiger partial charge in [0.1, 0.15) is 28.9 Å². The second-order valence-electron chi connectivity index (χ2n) is 7.49. The highest BCUT2D eigenvalue weighted by Crippen LogP contribution is 2.56. The minimum atomic E-state index is -1.75. The summed E-state index contributed by atoms with van der Waals surface area (Å²) in [6.45, 7) is 2.30. The van der Waals surface area contributed by atoms with Gasteiger partial charge in [0, 0.05) is 0 Å². The van der Waals surface area contributed by atoms with E-state index in [2.05, 4.69) is 110 Å². The van der Waals surface area contributed by atoms with Crippen LogP contribution in [0, 0.1) is 0 Å². The third kappa shape index (κ3) is 3.91. The van der Waals surface area contributed by atoms with Crippen molar-refractivity contribution in [3.8, 4) is 16.9 Å². The van der Waals surface area contributed by atoms with E-state index in [1.807, 2.05) is 6.07 Å². The molecule has 0 heterocycles. The average molecular weight is 412 g/mol. The van der Waals surface area contributed by atoms with Crippen molar-refractivity contribution in [2.24, 2.45) is 0 Å². The van der Waals surface area contributed by atoms with Crippen molar-refractivity contribution in [2.75, 3.05) is 13.3 Å². The molecule has 0 aromatic heterocycles. The lowest BCUT2D eigenvalue weighted by Crippen LogP contribution is -2.33. The van der Waals surface area contributed by atoms with Gasteiger partial charge in [-0.2, -0.15) is 0 Å². The number of hydrogen-bond acceptors (Lipinski definition) is 1. The predicted molar refractivity (Wildman–Crippen MR) is 132 cm³/mol. The summed E-state index contributed by atoms with van der Waals surface area (Å²) < 4.78 is 5.46. The summed E-state index contributed by atoms with van der Waals surface area (Å²) in [5, 5.41) is 4.32. The number of methoxy groups -OCH3 is 1. The minimum absolute atomic E-state index is 0.888. The summed E-state index contributed by atoms with van der Waals surface area (Å²) in [4.78, 5) is 0. The zero-order chi connectivity index (χ0) is 20.8. The second-order valence-corrected chi connectivity index (χ2v) is 11.1. The number of ether oxygens (including phenoxy) is 1. The SMILES string of the molecule is CCC[P+](c1ccccc1)(c1ccccc1)c1cccc(-c2cccc(OC)c2)c1. The molecule has 4 aromatic rings. The van der Waals surface area contributed by atoms with Crippen LogP contribution in [0.25, 0.3) is 11.1 Å². The zero-order valence-electron chi connectivity index (χ0n) is 17.7. The molecular weight excluding hydrogens is 383 g/mol. The van der Waals surface area contributed by atoms with Crippen LogP contribution in [0.4, 0.5) is 0 Å². The molecule has 0 aliphatic rings. The summed E-state index contributed by atoms with van der Waals surface area (Å²) in [6.07, 6.45) is 2.30. The molecule has 4 aromatic carbocycles. The van der Waals surface area contributed by atoms with E-state index in [4.69, 9.17) is 4.74 Å². The highest BCUT2D eigenvalue weighted by molar-refractivity contribution is 7.95. The molecule has 4 rings (SSSR count). The van der Waals surface area contributed by atoms with Gasteiger partial charge in [-0.1, -0.05) is 67.6 Å². The van der Waals surface area contributed by atoms with Crippen LogP contribution in [-0.2, 0) is 0 Å². The molecule has 0 amide bonds. The molecule has 30 heavy (non-hydrogen) atoms. The van der Waals surface area contributed by atoms with E-state index in [0.29, 0.717) is 0 Å². The van der Waals surface area contributed by atoms with Gasteiger partial charge in [-0.3, -0.25) is 0 Å². The fraction of sp³-hybridized carbons (Fsp3) is 0.143. The maximum Gasteiger partial charge on any atom is 0.119 e. The number of rotatable bonds is 7. The maximum atomic E-state index is 5.46. The Morgan fingerprint density at radius 1 is 0.600 bits per heavy atom. The normalized spacial score (nSPS) is 11.3. The monoisotopic (exact) mass is 411 g/mol. The average Bonchev–Trinajstić information content (AvgIpc) is 2.84. The van der Waals surface area contributed by atoms with Crippen molar-refractivity contribution >= 4 is 23.2 Å². The van der Waals surface area contributed by atoms with Crippen molar-refractivity contribution in [2.45, 2.75) is 13.3 Å². The van der Waals surface area contributed by atoms with Crippen LogP contribution in [0.1, 0.15) is 13.3 Å². The van der Waals surface area contributed by atoms with Crippen LogP contribution in [0.3, 0.4) is 0 Å². The largest absolute Gasteiger partial charge is 0.497 e. The Labute approximate surface area is 180 Å². The van der Waals surface area contributed by atoms with E-state index in [-0.39, 0.29) is 0 Å². The lowest BCUT2D eigenvalue weighted by Gasteiger charge is -2.27. The van der Waals surface area contributed by atoms with Gasteiger partial charge in [0.2, 0.25) is 0 Å². The molecular formula is C28H28OP+. The van der Waals surface area contributed by atoms with Crippen LogP contribution in [0.2, 0.25) is 0 Å². The summed E-state index contributed by atoms with van der Waals surface area (Å²) in [7, 11) is -0.0303. The summed E-state index contributed by atoms with van der Waals surface area (Å²) in [5.41, 5.74) is 2.42. The van der Waals surface area contributed by atoms with Gasteiger partial charge in [0.25, 0.3) is 0 Å². The van der Waals surface area contributed by atoms with E-state index >= 15 is 0 Å². The number of hydrogen-bond donors (Lipinski definition) is 0. The molecule has 0 saturated heterocycles. The molecule has 0 unspecified atom stereocenters. The molecule has 0 aliphatic carbocycles. The maximum absolute atomic E-state index is 5.46. The quantitative estimate of drug-likeness (QED) is 0.336. The van der Waals surface area contributed by atoms with Gasteiger partial charge in [-0.25, -0.2) is 0 Å². The molecule has 0 radical (unpaired) electrons. The van der Waals surface area contributed by atoms with Crippen LogP contribution in [0.5, 0.6) is 5.75 Å². The van der Waals surface area contributed by atoms with Crippen LogP contribution >= 0.6 is 7.26 Å². The van der Waals surface area contributed by atoms with E-state index in [0.717, 1.165) is 18.3 Å². The Bertz CT molecular complexity index is 1050. The topological polar surface area (TPSA) is 9.23 Å². The highest BCUT2D eigenvalue weighted by Gasteiger charge is 2.44. The van der Waals surface area contributed by atoms with E-state index in [1.54, 1.807) is 7.11 Å². The molecule has 2 heteroatoms. The minimum Gasteiger partial charge on any atom is -0.497 e. The number of benzene rings is 4. The zero-order valence-corrected chi connectivity index (χ0v) is 18.6. The molecule has 150 valence electrons. The third-order valence-electron chi connectivity index (χ3n) is 5.64. The Hall–Kier alpha value is -2.89. The first-order valence-electron chi connectivity index (χ1n) is 10.5. The first kappa shape index (κ1) is 20.4. The molecule has 0 N–H and O–H groups in total. The summed E-state index contributed by atoms with van der Waals surface area (Å²) >= 11 is 0. The van der Waals surface area contributed by atoms with Gasteiger partial charge in [-0.15, -0.1) is 0 Å². The lowest BCUT2D eigenvalue weighted by atomic mass is 10.1. The van der Waals surface area contributed by atoms with Crippen molar-refractivity contribution in [1.29, 1.82) is 0 Å². The van der Waals surface area contributed by atoms with Gasteiger partial charge in [0.05, 0.1) is 13.3 Å². The Morgan fingerprint density at radius 3 is 1.70 bits per heavy atom. The second kappa shape index (κ2) is 9.28. The molecule has 0 fully saturated rings. The molecule has 0 bridgehead atoms. The summed E-state index contributed by atoms with van der Waals surface area (Å²) in [6, 6.07) is 39.7. The van der Waals surface area contributed by atoms with Crippen molar-refractivity contribution in [3.63, 3.8) is 0 Å². The fourth-order valence-electron chi connectivity index (χ4n) is 4.26. The standard InChI is InChI=1S/C28H28OP/c1-3-20-30(26-15-6-4-7-16-26,27-17-8-5-9-18-27)28-19-11-13-24(22-28)23-12-10-14-25(21-23)29-2/h4-19,21-22H,3,20H2,1-2H3/q+1. The van der Waals surface area contributed by atoms with Crippen LogP contribution in [-0.4, -0.2) is 13.3 Å². The molecule has 0 atom stereocenters. The Kier molecular flexibility index (Phi) is 6.31. The van der Waals surface area contributed by atoms with E-state index < -0.39 is 7.26 Å². The Balaban J connectivity index is 1.94. The lowest BCUT2D eigenvalue weighted by molar-refractivity contribution is 0.415. The van der Waals surface area contributed by atoms with Crippen LogP contribution in [0.15, 0.2) is 109 Å². The van der Waals surface area contributed by atoms with Gasteiger partial charge in [-0.05, 0) is 66.1 Å². The predicted octanol–water partition coefficient (Wildman–Crippen LogP) is 6.07. The molecule has 0 saturated carbocycles. The highest BCUT2D eigenvalue weighted by atomic mass is 31.2. The Morgan fingerprint density at radius 2 is 1.13 bits per heavy atom. The smallest absolute Gasteiger partial charge is 0.119 e. The van der Waals surface area contributed by atoms with E-state index in [1.165, 1.54) is 27.0 Å². The van der Waals surface area contributed by atoms with Crippen molar-refractivity contribution < 1.29 is 4.74 Å². The van der Waals surface area contributed by atoms with E-state index in [9.17, 15) is 0 Å². The first-order valence-corrected chi connectivity index (χ1v) is 12.5. The van der Waals surface area contributed by atoms with Gasteiger partial charge < -0.3 is 4.74 Å². The molecule has 0 spiro atoms. The van der Waals surface area contributed by atoms with Gasteiger partial charge in [0.15, 0.2) is 0 Å². The third-order valence-corrected chi connectivity index (χ3v) is 10.3. The molecule has 0 aliphatic heterocycles. The fourth-order valence-corrected chi connectivity index (χ4v) is 8.66. The first-order chi connectivity index (χ1) is 14.8.